The van der Waals surface area contributed by atoms with Gasteiger partial charge in [0, 0.05) is 30.8 Å². The summed E-state index contributed by atoms with van der Waals surface area (Å²) in [6.45, 7) is 4.70. The molecular formula is C19H22N2O2. The van der Waals surface area contributed by atoms with E-state index in [-0.39, 0.29) is 0 Å². The molecule has 0 spiro atoms. The molecule has 0 saturated carbocycles. The van der Waals surface area contributed by atoms with Crippen molar-refractivity contribution in [2.45, 2.75) is 6.42 Å². The molecule has 0 bridgehead atoms. The second-order valence-electron chi connectivity index (χ2n) is 5.72. The molecule has 2 aromatic rings. The maximum atomic E-state index is 9.42. The maximum absolute atomic E-state index is 9.42. The number of ether oxygens (including phenoxy) is 1. The van der Waals surface area contributed by atoms with Gasteiger partial charge in [-0.3, -0.25) is 4.90 Å². The quantitative estimate of drug-likeness (QED) is 0.525. The molecule has 1 aliphatic heterocycles. The normalized spacial score (nSPS) is 16.4. The zero-order valence-corrected chi connectivity index (χ0v) is 13.2. The van der Waals surface area contributed by atoms with Crippen LogP contribution in [-0.4, -0.2) is 48.7 Å². The highest BCUT2D eigenvalue weighted by Crippen LogP contribution is 2.14. The monoisotopic (exact) mass is 310 g/mol. The fraction of sp³-hybridized carbons (Fsp3) is 0.316. The third kappa shape index (κ3) is 4.18. The smallest absolute Gasteiger partial charge is 0.117 e. The van der Waals surface area contributed by atoms with E-state index in [1.165, 1.54) is 5.56 Å². The SMILES string of the molecule is O/N=C(\c1ccccc1)c1cccc(CCN2CCOCC2)c1. The van der Waals surface area contributed by atoms with Crippen LogP contribution in [0.4, 0.5) is 0 Å². The third-order valence-electron chi connectivity index (χ3n) is 4.17. The fourth-order valence-electron chi connectivity index (χ4n) is 2.86. The summed E-state index contributed by atoms with van der Waals surface area (Å²) in [6.07, 6.45) is 0.987. The van der Waals surface area contributed by atoms with Crippen LogP contribution in [0.15, 0.2) is 59.8 Å². The zero-order valence-electron chi connectivity index (χ0n) is 13.2. The van der Waals surface area contributed by atoms with Crippen LogP contribution in [-0.2, 0) is 11.2 Å². The number of hydrogen-bond acceptors (Lipinski definition) is 4. The molecule has 1 heterocycles. The lowest BCUT2D eigenvalue weighted by Crippen LogP contribution is -2.37. The molecule has 1 saturated heterocycles. The first-order chi connectivity index (χ1) is 11.4. The minimum absolute atomic E-state index is 0.610. The number of benzene rings is 2. The summed E-state index contributed by atoms with van der Waals surface area (Å²) in [4.78, 5) is 2.43. The van der Waals surface area contributed by atoms with Gasteiger partial charge in [0.25, 0.3) is 0 Å². The molecule has 4 heteroatoms. The Hall–Kier alpha value is -2.17. The van der Waals surface area contributed by atoms with Gasteiger partial charge >= 0.3 is 0 Å². The Kier molecular flexibility index (Phi) is 5.40. The average molecular weight is 310 g/mol. The van der Waals surface area contributed by atoms with E-state index < -0.39 is 0 Å². The summed E-state index contributed by atoms with van der Waals surface area (Å²) in [5, 5.41) is 12.9. The highest BCUT2D eigenvalue weighted by atomic mass is 16.5. The average Bonchev–Trinajstić information content (AvgIpc) is 2.63. The highest BCUT2D eigenvalue weighted by Gasteiger charge is 2.11. The van der Waals surface area contributed by atoms with Crippen LogP contribution in [0.2, 0.25) is 0 Å². The van der Waals surface area contributed by atoms with Crippen LogP contribution in [0.25, 0.3) is 0 Å². The van der Waals surface area contributed by atoms with Crippen molar-refractivity contribution in [1.29, 1.82) is 0 Å². The molecule has 120 valence electrons. The van der Waals surface area contributed by atoms with Gasteiger partial charge < -0.3 is 9.94 Å². The zero-order chi connectivity index (χ0) is 15.9. The molecule has 0 radical (unpaired) electrons. The van der Waals surface area contributed by atoms with Gasteiger partial charge in [0.2, 0.25) is 0 Å². The Balaban J connectivity index is 1.71. The van der Waals surface area contributed by atoms with Gasteiger partial charge in [0.05, 0.1) is 13.2 Å². The summed E-state index contributed by atoms with van der Waals surface area (Å²) in [5.74, 6) is 0. The van der Waals surface area contributed by atoms with Crippen LogP contribution in [0.3, 0.4) is 0 Å². The predicted molar refractivity (Wildman–Crippen MR) is 91.3 cm³/mol. The number of nitrogens with zero attached hydrogens (tertiary/aromatic N) is 2. The molecule has 3 rings (SSSR count). The first kappa shape index (κ1) is 15.7. The van der Waals surface area contributed by atoms with E-state index in [0.29, 0.717) is 5.71 Å². The van der Waals surface area contributed by atoms with E-state index in [4.69, 9.17) is 4.74 Å². The first-order valence-corrected chi connectivity index (χ1v) is 8.04. The Labute approximate surface area is 137 Å². The number of hydrogen-bond donors (Lipinski definition) is 1. The van der Waals surface area contributed by atoms with Crippen molar-refractivity contribution in [2.75, 3.05) is 32.8 Å². The summed E-state index contributed by atoms with van der Waals surface area (Å²) in [6, 6.07) is 18.0. The second-order valence-corrected chi connectivity index (χ2v) is 5.72. The van der Waals surface area contributed by atoms with Gasteiger partial charge in [0.15, 0.2) is 0 Å². The van der Waals surface area contributed by atoms with Crippen LogP contribution < -0.4 is 0 Å². The van der Waals surface area contributed by atoms with Crippen molar-refractivity contribution in [3.05, 3.63) is 71.3 Å². The molecule has 1 fully saturated rings. The summed E-state index contributed by atoms with van der Waals surface area (Å²) >= 11 is 0. The minimum Gasteiger partial charge on any atom is -0.410 e. The predicted octanol–water partition coefficient (Wildman–Crippen LogP) is 2.79. The van der Waals surface area contributed by atoms with E-state index >= 15 is 0 Å². The van der Waals surface area contributed by atoms with Crippen LogP contribution in [0.5, 0.6) is 0 Å². The molecule has 0 unspecified atom stereocenters. The van der Waals surface area contributed by atoms with Crippen LogP contribution in [0, 0.1) is 0 Å². The third-order valence-corrected chi connectivity index (χ3v) is 4.17. The van der Waals surface area contributed by atoms with Crippen molar-refractivity contribution >= 4 is 5.71 Å². The van der Waals surface area contributed by atoms with Crippen molar-refractivity contribution < 1.29 is 9.94 Å². The van der Waals surface area contributed by atoms with E-state index in [9.17, 15) is 5.21 Å². The number of oxime groups is 1. The van der Waals surface area contributed by atoms with E-state index in [1.807, 2.05) is 42.5 Å². The molecule has 1 aliphatic rings. The maximum Gasteiger partial charge on any atom is 0.117 e. The van der Waals surface area contributed by atoms with Gasteiger partial charge in [-0.15, -0.1) is 0 Å². The van der Waals surface area contributed by atoms with Gasteiger partial charge in [-0.1, -0.05) is 53.7 Å². The van der Waals surface area contributed by atoms with E-state index in [0.717, 1.165) is 50.4 Å². The Bertz CT molecular complexity index is 649. The largest absolute Gasteiger partial charge is 0.410 e. The van der Waals surface area contributed by atoms with Crippen molar-refractivity contribution in [1.82, 2.24) is 4.90 Å². The lowest BCUT2D eigenvalue weighted by molar-refractivity contribution is 0.0384. The molecule has 1 N–H and O–H groups in total. The molecule has 0 aliphatic carbocycles. The number of rotatable bonds is 5. The summed E-state index contributed by atoms with van der Waals surface area (Å²) < 4.78 is 5.38. The second kappa shape index (κ2) is 7.90. The van der Waals surface area contributed by atoms with E-state index in [1.54, 1.807) is 0 Å². The topological polar surface area (TPSA) is 45.1 Å². The molecule has 23 heavy (non-hydrogen) atoms. The van der Waals surface area contributed by atoms with E-state index in [2.05, 4.69) is 22.2 Å². The van der Waals surface area contributed by atoms with Crippen LogP contribution in [0.1, 0.15) is 16.7 Å². The van der Waals surface area contributed by atoms with Crippen molar-refractivity contribution in [2.24, 2.45) is 5.16 Å². The molecule has 0 atom stereocenters. The lowest BCUT2D eigenvalue weighted by atomic mass is 9.99. The fourth-order valence-corrected chi connectivity index (χ4v) is 2.86. The first-order valence-electron chi connectivity index (χ1n) is 8.04. The Morgan fingerprint density at radius 1 is 1.00 bits per heavy atom. The Morgan fingerprint density at radius 3 is 2.48 bits per heavy atom. The summed E-state index contributed by atoms with van der Waals surface area (Å²) in [7, 11) is 0. The van der Waals surface area contributed by atoms with Crippen LogP contribution >= 0.6 is 0 Å². The summed E-state index contributed by atoms with van der Waals surface area (Å²) in [5.41, 5.74) is 3.73. The molecule has 0 amide bonds. The molecule has 0 aromatic heterocycles. The number of morpholine rings is 1. The van der Waals surface area contributed by atoms with Gasteiger partial charge in [-0.2, -0.15) is 0 Å². The molecular weight excluding hydrogens is 288 g/mol. The highest BCUT2D eigenvalue weighted by molar-refractivity contribution is 6.12. The molecule has 4 nitrogen and oxygen atoms in total. The standard InChI is InChI=1S/C19H22N2O2/c22-20-19(17-6-2-1-3-7-17)18-8-4-5-16(15-18)9-10-21-11-13-23-14-12-21/h1-8,15,22H,9-14H2/b20-19+. The molecule has 2 aromatic carbocycles. The Morgan fingerprint density at radius 2 is 1.74 bits per heavy atom. The van der Waals surface area contributed by atoms with Crippen molar-refractivity contribution in [3.8, 4) is 0 Å². The van der Waals surface area contributed by atoms with Gasteiger partial charge in [-0.05, 0) is 18.1 Å². The lowest BCUT2D eigenvalue weighted by Gasteiger charge is -2.26. The minimum atomic E-state index is 0.610. The van der Waals surface area contributed by atoms with Gasteiger partial charge in [0.1, 0.15) is 5.71 Å². The van der Waals surface area contributed by atoms with Crippen molar-refractivity contribution in [3.63, 3.8) is 0 Å². The van der Waals surface area contributed by atoms with Gasteiger partial charge in [-0.25, -0.2) is 0 Å².